The standard InChI is InChI=1S/C12H17N5/c1-9-12(10(2)17(3)16-9)7-13-4-11-5-14-8-15-6-11/h5-6,8,13H,4,7H2,1-3H3. The minimum atomic E-state index is 0.772. The van der Waals surface area contributed by atoms with E-state index >= 15 is 0 Å². The van der Waals surface area contributed by atoms with E-state index in [1.54, 1.807) is 6.33 Å². The molecule has 0 saturated heterocycles. The molecular weight excluding hydrogens is 214 g/mol. The molecule has 0 bridgehead atoms. The van der Waals surface area contributed by atoms with Gasteiger partial charge in [-0.2, -0.15) is 5.10 Å². The quantitative estimate of drug-likeness (QED) is 0.856. The second kappa shape index (κ2) is 5.05. The van der Waals surface area contributed by atoms with E-state index in [1.807, 2.05) is 31.0 Å². The lowest BCUT2D eigenvalue weighted by molar-refractivity contribution is 0.680. The second-order valence-corrected chi connectivity index (χ2v) is 4.12. The smallest absolute Gasteiger partial charge is 0.115 e. The van der Waals surface area contributed by atoms with Crippen molar-refractivity contribution in [2.75, 3.05) is 0 Å². The molecule has 0 unspecified atom stereocenters. The van der Waals surface area contributed by atoms with E-state index in [-0.39, 0.29) is 0 Å². The topological polar surface area (TPSA) is 55.6 Å². The van der Waals surface area contributed by atoms with Gasteiger partial charge in [-0.1, -0.05) is 0 Å². The predicted molar refractivity (Wildman–Crippen MR) is 65.3 cm³/mol. The van der Waals surface area contributed by atoms with Crippen molar-refractivity contribution in [3.63, 3.8) is 0 Å². The van der Waals surface area contributed by atoms with Crippen LogP contribution >= 0.6 is 0 Å². The molecule has 0 spiro atoms. The lowest BCUT2D eigenvalue weighted by Gasteiger charge is -2.04. The number of nitrogens with zero attached hydrogens (tertiary/aromatic N) is 4. The number of aryl methyl sites for hydroxylation is 2. The fourth-order valence-corrected chi connectivity index (χ4v) is 1.83. The van der Waals surface area contributed by atoms with E-state index in [9.17, 15) is 0 Å². The Labute approximate surface area is 101 Å². The van der Waals surface area contributed by atoms with Crippen molar-refractivity contribution in [1.82, 2.24) is 25.1 Å². The first kappa shape index (κ1) is 11.7. The van der Waals surface area contributed by atoms with Crippen LogP contribution in [0.4, 0.5) is 0 Å². The summed E-state index contributed by atoms with van der Waals surface area (Å²) in [7, 11) is 1.97. The zero-order chi connectivity index (χ0) is 12.3. The zero-order valence-electron chi connectivity index (χ0n) is 10.4. The molecule has 0 amide bonds. The van der Waals surface area contributed by atoms with Gasteiger partial charge in [-0.05, 0) is 13.8 Å². The summed E-state index contributed by atoms with van der Waals surface area (Å²) in [4.78, 5) is 7.96. The normalized spacial score (nSPS) is 10.8. The highest BCUT2D eigenvalue weighted by Gasteiger charge is 2.08. The molecule has 5 nitrogen and oxygen atoms in total. The van der Waals surface area contributed by atoms with Gasteiger partial charge in [0.2, 0.25) is 0 Å². The van der Waals surface area contributed by atoms with E-state index in [2.05, 4.69) is 27.3 Å². The summed E-state index contributed by atoms with van der Waals surface area (Å²) >= 11 is 0. The number of nitrogens with one attached hydrogen (secondary N) is 1. The van der Waals surface area contributed by atoms with Crippen LogP contribution in [0.25, 0.3) is 0 Å². The first-order valence-electron chi connectivity index (χ1n) is 5.62. The van der Waals surface area contributed by atoms with Gasteiger partial charge in [0.05, 0.1) is 5.69 Å². The van der Waals surface area contributed by atoms with Crippen molar-refractivity contribution in [1.29, 1.82) is 0 Å². The second-order valence-electron chi connectivity index (χ2n) is 4.12. The van der Waals surface area contributed by atoms with Gasteiger partial charge < -0.3 is 5.32 Å². The van der Waals surface area contributed by atoms with Gasteiger partial charge in [0, 0.05) is 49.4 Å². The Bertz CT molecular complexity index is 489. The third-order valence-corrected chi connectivity index (χ3v) is 2.90. The molecule has 90 valence electrons. The maximum atomic E-state index is 4.39. The summed E-state index contributed by atoms with van der Waals surface area (Å²) in [5, 5.41) is 7.77. The molecular formula is C12H17N5. The highest BCUT2D eigenvalue weighted by atomic mass is 15.3. The molecule has 0 aliphatic heterocycles. The largest absolute Gasteiger partial charge is 0.308 e. The molecule has 2 rings (SSSR count). The molecule has 2 heterocycles. The van der Waals surface area contributed by atoms with Crippen LogP contribution in [0.1, 0.15) is 22.5 Å². The Morgan fingerprint density at radius 1 is 1.18 bits per heavy atom. The van der Waals surface area contributed by atoms with E-state index in [4.69, 9.17) is 0 Å². The molecule has 1 N–H and O–H groups in total. The van der Waals surface area contributed by atoms with Crippen molar-refractivity contribution in [3.05, 3.63) is 41.2 Å². The third-order valence-electron chi connectivity index (χ3n) is 2.90. The number of rotatable bonds is 4. The first-order chi connectivity index (χ1) is 8.18. The van der Waals surface area contributed by atoms with Gasteiger partial charge >= 0.3 is 0 Å². The molecule has 0 aliphatic carbocycles. The fourth-order valence-electron chi connectivity index (χ4n) is 1.83. The van der Waals surface area contributed by atoms with Crippen LogP contribution in [0.15, 0.2) is 18.7 Å². The third kappa shape index (κ3) is 2.68. The molecule has 0 aliphatic rings. The minimum absolute atomic E-state index is 0.772. The van der Waals surface area contributed by atoms with Gasteiger partial charge in [0.15, 0.2) is 0 Å². The Morgan fingerprint density at radius 3 is 2.47 bits per heavy atom. The SMILES string of the molecule is Cc1nn(C)c(C)c1CNCc1cncnc1. The van der Waals surface area contributed by atoms with E-state index in [1.165, 1.54) is 11.3 Å². The average molecular weight is 231 g/mol. The van der Waals surface area contributed by atoms with E-state index in [0.717, 1.165) is 24.3 Å². The predicted octanol–water partition coefficient (Wildman–Crippen LogP) is 1.12. The monoisotopic (exact) mass is 231 g/mol. The summed E-state index contributed by atoms with van der Waals surface area (Å²) in [6, 6.07) is 0. The van der Waals surface area contributed by atoms with Crippen LogP contribution in [0.3, 0.4) is 0 Å². The van der Waals surface area contributed by atoms with Crippen LogP contribution in [-0.2, 0) is 20.1 Å². The lowest BCUT2D eigenvalue weighted by atomic mass is 10.2. The Morgan fingerprint density at radius 2 is 1.88 bits per heavy atom. The molecule has 5 heteroatoms. The van der Waals surface area contributed by atoms with Crippen LogP contribution in [0.5, 0.6) is 0 Å². The number of hydrogen-bond acceptors (Lipinski definition) is 4. The molecule has 0 atom stereocenters. The van der Waals surface area contributed by atoms with Crippen LogP contribution in [-0.4, -0.2) is 19.7 Å². The average Bonchev–Trinajstić information content (AvgIpc) is 2.57. The van der Waals surface area contributed by atoms with Crippen molar-refractivity contribution in [2.24, 2.45) is 7.05 Å². The minimum Gasteiger partial charge on any atom is -0.308 e. The maximum absolute atomic E-state index is 4.39. The van der Waals surface area contributed by atoms with E-state index < -0.39 is 0 Å². The Hall–Kier alpha value is -1.75. The van der Waals surface area contributed by atoms with Gasteiger partial charge in [0.25, 0.3) is 0 Å². The van der Waals surface area contributed by atoms with Gasteiger partial charge in [-0.15, -0.1) is 0 Å². The lowest BCUT2D eigenvalue weighted by Crippen LogP contribution is -2.14. The molecule has 0 aromatic carbocycles. The zero-order valence-corrected chi connectivity index (χ0v) is 10.4. The summed E-state index contributed by atoms with van der Waals surface area (Å²) in [6.45, 7) is 5.72. The molecule has 0 radical (unpaired) electrons. The summed E-state index contributed by atoms with van der Waals surface area (Å²) in [5.41, 5.74) is 4.65. The van der Waals surface area contributed by atoms with Gasteiger partial charge in [0.1, 0.15) is 6.33 Å². The van der Waals surface area contributed by atoms with Gasteiger partial charge in [-0.3, -0.25) is 4.68 Å². The van der Waals surface area contributed by atoms with Crippen molar-refractivity contribution in [2.45, 2.75) is 26.9 Å². The van der Waals surface area contributed by atoms with Crippen LogP contribution < -0.4 is 5.32 Å². The van der Waals surface area contributed by atoms with Crippen molar-refractivity contribution >= 4 is 0 Å². The highest BCUT2D eigenvalue weighted by Crippen LogP contribution is 2.11. The Balaban J connectivity index is 1.95. The maximum Gasteiger partial charge on any atom is 0.115 e. The van der Waals surface area contributed by atoms with Crippen LogP contribution in [0, 0.1) is 13.8 Å². The van der Waals surface area contributed by atoms with Crippen molar-refractivity contribution < 1.29 is 0 Å². The molecule has 2 aromatic heterocycles. The molecule has 0 saturated carbocycles. The summed E-state index contributed by atoms with van der Waals surface area (Å²) in [5.74, 6) is 0. The molecule has 0 fully saturated rings. The number of aromatic nitrogens is 4. The summed E-state index contributed by atoms with van der Waals surface area (Å²) < 4.78 is 1.91. The Kier molecular flexibility index (Phi) is 3.49. The van der Waals surface area contributed by atoms with Crippen molar-refractivity contribution in [3.8, 4) is 0 Å². The number of hydrogen-bond donors (Lipinski definition) is 1. The summed E-state index contributed by atoms with van der Waals surface area (Å²) in [6.07, 6.45) is 5.19. The molecule has 2 aromatic rings. The molecule has 17 heavy (non-hydrogen) atoms. The fraction of sp³-hybridized carbons (Fsp3) is 0.417. The van der Waals surface area contributed by atoms with Gasteiger partial charge in [-0.25, -0.2) is 9.97 Å². The highest BCUT2D eigenvalue weighted by molar-refractivity contribution is 5.24. The first-order valence-corrected chi connectivity index (χ1v) is 5.62. The van der Waals surface area contributed by atoms with E-state index in [0.29, 0.717) is 0 Å². The van der Waals surface area contributed by atoms with Crippen LogP contribution in [0.2, 0.25) is 0 Å².